The van der Waals surface area contributed by atoms with Crippen LogP contribution >= 0.6 is 0 Å². The van der Waals surface area contributed by atoms with Crippen LogP contribution in [0.1, 0.15) is 15.9 Å². The number of amides is 2. The van der Waals surface area contributed by atoms with E-state index in [4.69, 9.17) is 5.26 Å². The lowest BCUT2D eigenvalue weighted by Gasteiger charge is -2.12. The van der Waals surface area contributed by atoms with Crippen LogP contribution in [0, 0.1) is 11.3 Å². The molecule has 2 aromatic rings. The fourth-order valence-electron chi connectivity index (χ4n) is 2.21. The second-order valence-corrected chi connectivity index (χ2v) is 5.71. The predicted octanol–water partition coefficient (Wildman–Crippen LogP) is 2.51. The number of hydrogen-bond donors (Lipinski definition) is 2. The van der Waals surface area contributed by atoms with Crippen molar-refractivity contribution in [3.63, 3.8) is 0 Å². The summed E-state index contributed by atoms with van der Waals surface area (Å²) in [4.78, 5) is 25.5. The van der Waals surface area contributed by atoms with Gasteiger partial charge >= 0.3 is 0 Å². The lowest BCUT2D eigenvalue weighted by Crippen LogP contribution is -2.23. The molecule has 0 spiro atoms. The molecule has 0 aromatic heterocycles. The zero-order chi connectivity index (χ0) is 18.2. The van der Waals surface area contributed by atoms with Crippen LogP contribution in [0.5, 0.6) is 0 Å². The Morgan fingerprint density at radius 2 is 1.80 bits per heavy atom. The highest BCUT2D eigenvalue weighted by atomic mass is 16.2. The first-order valence-electron chi connectivity index (χ1n) is 7.81. The minimum Gasteiger partial charge on any atom is -0.376 e. The van der Waals surface area contributed by atoms with Crippen molar-refractivity contribution in [2.24, 2.45) is 0 Å². The summed E-state index contributed by atoms with van der Waals surface area (Å²) in [5, 5.41) is 14.4. The van der Waals surface area contributed by atoms with E-state index >= 15 is 0 Å². The number of rotatable bonds is 6. The summed E-state index contributed by atoms with van der Waals surface area (Å²) in [6, 6.07) is 16.2. The smallest absolute Gasteiger partial charge is 0.253 e. The van der Waals surface area contributed by atoms with Gasteiger partial charge in [0.05, 0.1) is 19.0 Å². The quantitative estimate of drug-likeness (QED) is 0.849. The normalized spacial score (nSPS) is 9.80. The van der Waals surface area contributed by atoms with Crippen molar-refractivity contribution in [2.75, 3.05) is 31.3 Å². The monoisotopic (exact) mass is 336 g/mol. The Morgan fingerprint density at radius 1 is 1.08 bits per heavy atom. The molecule has 0 heterocycles. The maximum absolute atomic E-state index is 12.0. The summed E-state index contributed by atoms with van der Waals surface area (Å²) in [6.45, 7) is 0.0829. The standard InChI is InChI=1S/C19H20N4O2/c1-23(2)19(25)15-4-3-5-17(12-15)21-13-18(24)22-16-8-6-14(7-9-16)10-11-20/h3-9,12,21H,10,13H2,1-2H3,(H,22,24). The molecule has 6 nitrogen and oxygen atoms in total. The summed E-state index contributed by atoms with van der Waals surface area (Å²) in [5.74, 6) is -0.289. The lowest BCUT2D eigenvalue weighted by molar-refractivity contribution is -0.114. The average molecular weight is 336 g/mol. The Balaban J connectivity index is 1.90. The van der Waals surface area contributed by atoms with Crippen LogP contribution in [0.2, 0.25) is 0 Å². The van der Waals surface area contributed by atoms with E-state index in [0.717, 1.165) is 5.56 Å². The van der Waals surface area contributed by atoms with Crippen molar-refractivity contribution >= 4 is 23.2 Å². The Bertz CT molecular complexity index is 792. The number of nitrogens with zero attached hydrogens (tertiary/aromatic N) is 2. The molecule has 0 atom stereocenters. The van der Waals surface area contributed by atoms with Gasteiger partial charge in [0.15, 0.2) is 0 Å². The molecule has 0 unspecified atom stereocenters. The molecule has 0 radical (unpaired) electrons. The van der Waals surface area contributed by atoms with Gasteiger partial charge in [0.2, 0.25) is 5.91 Å². The van der Waals surface area contributed by atoms with E-state index in [0.29, 0.717) is 23.4 Å². The Hall–Kier alpha value is -3.33. The largest absolute Gasteiger partial charge is 0.376 e. The number of benzene rings is 2. The van der Waals surface area contributed by atoms with Gasteiger partial charge < -0.3 is 15.5 Å². The third-order valence-electron chi connectivity index (χ3n) is 3.49. The molecule has 2 N–H and O–H groups in total. The molecular weight excluding hydrogens is 316 g/mol. The number of nitrogens with one attached hydrogen (secondary N) is 2. The molecule has 0 fully saturated rings. The molecule has 6 heteroatoms. The topological polar surface area (TPSA) is 85.2 Å². The summed E-state index contributed by atoms with van der Waals surface area (Å²) < 4.78 is 0. The minimum atomic E-state index is -0.197. The highest BCUT2D eigenvalue weighted by Gasteiger charge is 2.09. The van der Waals surface area contributed by atoms with Gasteiger partial charge in [-0.1, -0.05) is 18.2 Å². The molecule has 0 saturated heterocycles. The molecule has 128 valence electrons. The molecule has 0 aliphatic carbocycles. The van der Waals surface area contributed by atoms with Crippen LogP contribution in [0.15, 0.2) is 48.5 Å². The first-order chi connectivity index (χ1) is 12.0. The molecule has 0 bridgehead atoms. The number of nitriles is 1. The first-order valence-corrected chi connectivity index (χ1v) is 7.81. The van der Waals surface area contributed by atoms with Crippen molar-refractivity contribution in [1.82, 2.24) is 4.90 Å². The number of anilines is 2. The second-order valence-electron chi connectivity index (χ2n) is 5.71. The van der Waals surface area contributed by atoms with E-state index < -0.39 is 0 Å². The maximum atomic E-state index is 12.0. The second kappa shape index (κ2) is 8.50. The Labute approximate surface area is 147 Å². The minimum absolute atomic E-state index is 0.0829. The van der Waals surface area contributed by atoms with Crippen molar-refractivity contribution in [3.8, 4) is 6.07 Å². The van der Waals surface area contributed by atoms with E-state index in [1.54, 1.807) is 50.5 Å². The van der Waals surface area contributed by atoms with Crippen LogP contribution in [-0.4, -0.2) is 37.4 Å². The van der Waals surface area contributed by atoms with Gasteiger partial charge in [0.25, 0.3) is 5.91 Å². The number of hydrogen-bond acceptors (Lipinski definition) is 4. The van der Waals surface area contributed by atoms with Crippen molar-refractivity contribution in [2.45, 2.75) is 6.42 Å². The highest BCUT2D eigenvalue weighted by molar-refractivity contribution is 5.96. The molecule has 25 heavy (non-hydrogen) atoms. The van der Waals surface area contributed by atoms with Gasteiger partial charge in [-0.15, -0.1) is 0 Å². The average Bonchev–Trinajstić information content (AvgIpc) is 2.61. The van der Waals surface area contributed by atoms with Crippen LogP contribution in [0.3, 0.4) is 0 Å². The van der Waals surface area contributed by atoms with E-state index in [1.807, 2.05) is 12.1 Å². The van der Waals surface area contributed by atoms with Crippen LogP contribution in [0.25, 0.3) is 0 Å². The zero-order valence-electron chi connectivity index (χ0n) is 14.2. The van der Waals surface area contributed by atoms with Crippen molar-refractivity contribution in [3.05, 3.63) is 59.7 Å². The van der Waals surface area contributed by atoms with E-state index in [9.17, 15) is 9.59 Å². The van der Waals surface area contributed by atoms with Gasteiger partial charge in [0.1, 0.15) is 0 Å². The molecule has 0 aliphatic rings. The number of carbonyl (C=O) groups is 2. The third kappa shape index (κ3) is 5.36. The molecule has 0 saturated carbocycles. The molecule has 2 aromatic carbocycles. The van der Waals surface area contributed by atoms with Crippen LogP contribution < -0.4 is 10.6 Å². The predicted molar refractivity (Wildman–Crippen MR) is 97.3 cm³/mol. The molecule has 0 aliphatic heterocycles. The zero-order valence-corrected chi connectivity index (χ0v) is 14.2. The Morgan fingerprint density at radius 3 is 2.44 bits per heavy atom. The maximum Gasteiger partial charge on any atom is 0.253 e. The molecule has 2 rings (SSSR count). The molecular formula is C19H20N4O2. The van der Waals surface area contributed by atoms with Gasteiger partial charge in [-0.25, -0.2) is 0 Å². The summed E-state index contributed by atoms with van der Waals surface area (Å²) in [7, 11) is 3.38. The van der Waals surface area contributed by atoms with Crippen LogP contribution in [0.4, 0.5) is 11.4 Å². The van der Waals surface area contributed by atoms with Crippen molar-refractivity contribution in [1.29, 1.82) is 5.26 Å². The number of carbonyl (C=O) groups excluding carboxylic acids is 2. The SMILES string of the molecule is CN(C)C(=O)c1cccc(NCC(=O)Nc2ccc(CC#N)cc2)c1. The summed E-state index contributed by atoms with van der Waals surface area (Å²) in [6.07, 6.45) is 0.345. The first kappa shape index (κ1) is 18.0. The lowest BCUT2D eigenvalue weighted by atomic mass is 10.1. The van der Waals surface area contributed by atoms with Crippen molar-refractivity contribution < 1.29 is 9.59 Å². The van der Waals surface area contributed by atoms with Crippen LogP contribution in [-0.2, 0) is 11.2 Å². The summed E-state index contributed by atoms with van der Waals surface area (Å²) >= 11 is 0. The van der Waals surface area contributed by atoms with E-state index in [1.165, 1.54) is 4.90 Å². The van der Waals surface area contributed by atoms with Gasteiger partial charge in [-0.3, -0.25) is 9.59 Å². The van der Waals surface area contributed by atoms with E-state index in [2.05, 4.69) is 16.7 Å². The fraction of sp³-hybridized carbons (Fsp3) is 0.211. The summed E-state index contributed by atoms with van der Waals surface area (Å²) in [5.41, 5.74) is 2.83. The van der Waals surface area contributed by atoms with Gasteiger partial charge in [-0.2, -0.15) is 5.26 Å². The van der Waals surface area contributed by atoms with E-state index in [-0.39, 0.29) is 18.4 Å². The highest BCUT2D eigenvalue weighted by Crippen LogP contribution is 2.13. The van der Waals surface area contributed by atoms with Gasteiger partial charge in [0, 0.05) is 31.0 Å². The fourth-order valence-corrected chi connectivity index (χ4v) is 2.21. The van der Waals surface area contributed by atoms with Gasteiger partial charge in [-0.05, 0) is 35.9 Å². The Kier molecular flexibility index (Phi) is 6.13. The molecule has 2 amide bonds. The third-order valence-corrected chi connectivity index (χ3v) is 3.49.